The van der Waals surface area contributed by atoms with Gasteiger partial charge in [-0.05, 0) is 57.2 Å². The highest BCUT2D eigenvalue weighted by Crippen LogP contribution is 2.28. The van der Waals surface area contributed by atoms with Crippen molar-refractivity contribution in [3.8, 4) is 0 Å². The van der Waals surface area contributed by atoms with Crippen molar-refractivity contribution in [2.75, 3.05) is 11.9 Å². The van der Waals surface area contributed by atoms with Gasteiger partial charge in [0.15, 0.2) is 5.54 Å². The van der Waals surface area contributed by atoms with Gasteiger partial charge in [-0.1, -0.05) is 91.4 Å². The number of hydrogen-bond donors (Lipinski definition) is 2. The molecule has 6 nitrogen and oxygen atoms in total. The van der Waals surface area contributed by atoms with Crippen LogP contribution >= 0.6 is 0 Å². The van der Waals surface area contributed by atoms with Crippen LogP contribution in [0.25, 0.3) is 0 Å². The lowest BCUT2D eigenvalue weighted by molar-refractivity contribution is -0.142. The van der Waals surface area contributed by atoms with Crippen molar-refractivity contribution < 1.29 is 14.7 Å². The van der Waals surface area contributed by atoms with Crippen LogP contribution in [0.15, 0.2) is 103 Å². The number of aliphatic imine (C=N–C) groups is 1. The third-order valence-corrected chi connectivity index (χ3v) is 7.52. The van der Waals surface area contributed by atoms with Gasteiger partial charge < -0.3 is 10.4 Å². The number of carboxylic acids is 1. The van der Waals surface area contributed by atoms with Gasteiger partial charge in [-0.15, -0.1) is 6.58 Å². The van der Waals surface area contributed by atoms with E-state index in [0.717, 1.165) is 50.8 Å². The van der Waals surface area contributed by atoms with Gasteiger partial charge in [0.25, 0.3) is 0 Å². The minimum Gasteiger partial charge on any atom is -0.479 e. The molecule has 0 radical (unpaired) electrons. The van der Waals surface area contributed by atoms with Crippen molar-refractivity contribution >= 4 is 23.3 Å². The maximum absolute atomic E-state index is 13.6. The van der Waals surface area contributed by atoms with Crippen LogP contribution in [0.3, 0.4) is 0 Å². The van der Waals surface area contributed by atoms with Crippen LogP contribution in [0.5, 0.6) is 0 Å². The minimum atomic E-state index is -1.32. The molecule has 1 fully saturated rings. The quantitative estimate of drug-likeness (QED) is 0.144. The third kappa shape index (κ3) is 7.33. The zero-order chi connectivity index (χ0) is 28.4. The number of nitrogens with zero attached hydrogens (tertiary/aromatic N) is 2. The summed E-state index contributed by atoms with van der Waals surface area (Å²) >= 11 is 0. The largest absolute Gasteiger partial charge is 0.479 e. The van der Waals surface area contributed by atoms with Gasteiger partial charge in [-0.2, -0.15) is 0 Å². The fraction of sp³-hybridized carbons (Fsp3) is 0.324. The van der Waals surface area contributed by atoms with Crippen LogP contribution < -0.4 is 5.32 Å². The van der Waals surface area contributed by atoms with Gasteiger partial charge in [-0.3, -0.25) is 14.7 Å². The summed E-state index contributed by atoms with van der Waals surface area (Å²) in [4.78, 5) is 33.3. The van der Waals surface area contributed by atoms with Crippen LogP contribution in [0.1, 0.15) is 62.1 Å². The number of hydrogen-bond acceptors (Lipinski definition) is 4. The second-order valence-electron chi connectivity index (χ2n) is 10.6. The number of anilines is 1. The van der Waals surface area contributed by atoms with E-state index in [-0.39, 0.29) is 11.9 Å². The number of aliphatic carboxylic acids is 1. The third-order valence-electron chi connectivity index (χ3n) is 7.52. The fourth-order valence-electron chi connectivity index (χ4n) is 5.24. The first-order chi connectivity index (χ1) is 19.4. The molecule has 1 saturated heterocycles. The van der Waals surface area contributed by atoms with Crippen LogP contribution in [0, 0.1) is 0 Å². The number of carbonyl (C=O) groups excluding carboxylic acids is 1. The molecule has 1 aliphatic rings. The molecule has 1 heterocycles. The number of rotatable bonds is 13. The number of carboxylic acid groups (broad SMARTS) is 1. The highest BCUT2D eigenvalue weighted by Gasteiger charge is 2.34. The van der Waals surface area contributed by atoms with E-state index in [2.05, 4.69) is 28.9 Å². The van der Waals surface area contributed by atoms with Crippen molar-refractivity contribution in [2.24, 2.45) is 4.99 Å². The SMILES string of the molecule is C=CCCCC[C@](C)(N=C(c1ccccc1)c1ccccc1NC(=O)[C@@H]1CCCN1Cc1ccccc1)C(=O)O. The van der Waals surface area contributed by atoms with Gasteiger partial charge in [0, 0.05) is 17.7 Å². The van der Waals surface area contributed by atoms with Crippen molar-refractivity contribution in [3.05, 3.63) is 114 Å². The molecule has 1 amide bonds. The Bertz CT molecular complexity index is 1320. The first-order valence-corrected chi connectivity index (χ1v) is 14.1. The lowest BCUT2D eigenvalue weighted by Crippen LogP contribution is -2.39. The highest BCUT2D eigenvalue weighted by molar-refractivity contribution is 6.18. The molecule has 0 aromatic heterocycles. The molecule has 3 aromatic carbocycles. The molecule has 2 N–H and O–H groups in total. The monoisotopic (exact) mass is 537 g/mol. The lowest BCUT2D eigenvalue weighted by atomic mass is 9.92. The molecule has 0 unspecified atom stereocenters. The lowest BCUT2D eigenvalue weighted by Gasteiger charge is -2.25. The number of unbranched alkanes of at least 4 members (excludes halogenated alkanes) is 2. The van der Waals surface area contributed by atoms with E-state index in [1.54, 1.807) is 6.92 Å². The van der Waals surface area contributed by atoms with E-state index >= 15 is 0 Å². The average molecular weight is 538 g/mol. The standard InChI is InChI=1S/C34H39N3O3/c1-3-4-5-14-23-34(2,33(39)40)36-31(27-18-10-7-11-19-27)28-20-12-13-21-29(28)35-32(38)30-22-15-24-37(30)25-26-16-8-6-9-17-26/h3,6-13,16-21,30H,1,4-5,14-15,22-25H2,2H3,(H,35,38)(H,39,40)/t30-,34-/m0/s1. The molecular weight excluding hydrogens is 498 g/mol. The number of para-hydroxylation sites is 1. The Morgan fingerprint density at radius 3 is 2.40 bits per heavy atom. The predicted molar refractivity (Wildman–Crippen MR) is 162 cm³/mol. The van der Waals surface area contributed by atoms with Gasteiger partial charge >= 0.3 is 5.97 Å². The topological polar surface area (TPSA) is 82.0 Å². The summed E-state index contributed by atoms with van der Waals surface area (Å²) in [6.07, 6.45) is 6.42. The molecule has 2 atom stereocenters. The smallest absolute Gasteiger partial charge is 0.331 e. The van der Waals surface area contributed by atoms with Gasteiger partial charge in [-0.25, -0.2) is 4.79 Å². The van der Waals surface area contributed by atoms with Crippen LogP contribution in [-0.2, 0) is 16.1 Å². The maximum Gasteiger partial charge on any atom is 0.331 e. The summed E-state index contributed by atoms with van der Waals surface area (Å²) in [5.74, 6) is -1.03. The summed E-state index contributed by atoms with van der Waals surface area (Å²) < 4.78 is 0. The minimum absolute atomic E-state index is 0.0567. The Morgan fingerprint density at radius 2 is 1.70 bits per heavy atom. The fourth-order valence-corrected chi connectivity index (χ4v) is 5.24. The molecular formula is C34H39N3O3. The Hall–Kier alpha value is -4.03. The summed E-state index contributed by atoms with van der Waals surface area (Å²) in [6, 6.07) is 27.1. The van der Waals surface area contributed by atoms with Gasteiger partial charge in [0.05, 0.1) is 17.4 Å². The first kappa shape index (κ1) is 29.0. The molecule has 0 spiro atoms. The molecule has 0 bridgehead atoms. The number of likely N-dealkylation sites (tertiary alicyclic amines) is 1. The molecule has 0 saturated carbocycles. The van der Waals surface area contributed by atoms with Crippen molar-refractivity contribution in [1.29, 1.82) is 0 Å². The number of allylic oxidation sites excluding steroid dienone is 1. The van der Waals surface area contributed by atoms with E-state index < -0.39 is 11.5 Å². The molecule has 208 valence electrons. The van der Waals surface area contributed by atoms with Gasteiger partial charge in [0.1, 0.15) is 0 Å². The van der Waals surface area contributed by atoms with Gasteiger partial charge in [0.2, 0.25) is 5.91 Å². The van der Waals surface area contributed by atoms with Crippen LogP contribution in [0.2, 0.25) is 0 Å². The van der Waals surface area contributed by atoms with E-state index in [9.17, 15) is 14.7 Å². The molecule has 1 aliphatic heterocycles. The Kier molecular flexibility index (Phi) is 10.0. The normalized spacial score (nSPS) is 17.2. The molecule has 0 aliphatic carbocycles. The predicted octanol–water partition coefficient (Wildman–Crippen LogP) is 6.72. The van der Waals surface area contributed by atoms with E-state index in [0.29, 0.717) is 23.4 Å². The molecule has 4 rings (SSSR count). The summed E-state index contributed by atoms with van der Waals surface area (Å²) in [6.45, 7) is 7.03. The Balaban J connectivity index is 1.65. The number of carbonyl (C=O) groups is 2. The second-order valence-corrected chi connectivity index (χ2v) is 10.6. The molecule has 6 heteroatoms. The average Bonchev–Trinajstić information content (AvgIpc) is 3.44. The Morgan fingerprint density at radius 1 is 1.02 bits per heavy atom. The zero-order valence-electron chi connectivity index (χ0n) is 23.3. The molecule has 40 heavy (non-hydrogen) atoms. The second kappa shape index (κ2) is 13.9. The summed E-state index contributed by atoms with van der Waals surface area (Å²) in [5.41, 5.74) is 2.55. The van der Waals surface area contributed by atoms with Crippen molar-refractivity contribution in [1.82, 2.24) is 4.90 Å². The van der Waals surface area contributed by atoms with E-state index in [4.69, 9.17) is 4.99 Å². The van der Waals surface area contributed by atoms with Crippen molar-refractivity contribution in [3.63, 3.8) is 0 Å². The number of amides is 1. The van der Waals surface area contributed by atoms with Crippen LogP contribution in [0.4, 0.5) is 5.69 Å². The first-order valence-electron chi connectivity index (χ1n) is 14.1. The zero-order valence-corrected chi connectivity index (χ0v) is 23.3. The van der Waals surface area contributed by atoms with E-state index in [1.165, 1.54) is 5.56 Å². The molecule has 3 aromatic rings. The highest BCUT2D eigenvalue weighted by atomic mass is 16.4. The van der Waals surface area contributed by atoms with Crippen molar-refractivity contribution in [2.45, 2.75) is 63.6 Å². The number of nitrogens with one attached hydrogen (secondary N) is 1. The summed E-state index contributed by atoms with van der Waals surface area (Å²) in [7, 11) is 0. The van der Waals surface area contributed by atoms with E-state index in [1.807, 2.05) is 78.9 Å². The number of benzene rings is 3. The summed E-state index contributed by atoms with van der Waals surface area (Å²) in [5, 5.41) is 13.4. The Labute approximate surface area is 237 Å². The van der Waals surface area contributed by atoms with Crippen LogP contribution in [-0.4, -0.2) is 45.7 Å². The maximum atomic E-state index is 13.6.